The van der Waals surface area contributed by atoms with Crippen molar-refractivity contribution in [3.05, 3.63) is 46.6 Å². The predicted octanol–water partition coefficient (Wildman–Crippen LogP) is 2.82. The number of anilines is 2. The van der Waals surface area contributed by atoms with Gasteiger partial charge in [-0.25, -0.2) is 15.2 Å². The van der Waals surface area contributed by atoms with E-state index in [1.54, 1.807) is 38.8 Å². The van der Waals surface area contributed by atoms with Gasteiger partial charge in [0.15, 0.2) is 0 Å². The minimum Gasteiger partial charge on any atom is -0.444 e. The Morgan fingerprint density at radius 1 is 1.19 bits per heavy atom. The van der Waals surface area contributed by atoms with Gasteiger partial charge in [-0.3, -0.25) is 4.79 Å². The molecule has 1 aromatic carbocycles. The standard InChI is InChI=1S/C26H35N7O4/c1-17-7-6-8-19(13-17)14-27-31-24-29-21-16-33(23(34)18(2)28-25(35)37-26(3,4)5)15-20(21)22(30-24)32-9-11-36-12-10-32/h6-8,13-14,18H,9-12,15-16H2,1-5H3,(H,28,35)(H,29,30,31)/b27-14+/t18-/m0/s1. The molecule has 37 heavy (non-hydrogen) atoms. The second kappa shape index (κ2) is 11.1. The summed E-state index contributed by atoms with van der Waals surface area (Å²) in [6.07, 6.45) is 1.09. The largest absolute Gasteiger partial charge is 0.444 e. The highest BCUT2D eigenvalue weighted by Crippen LogP contribution is 2.31. The lowest BCUT2D eigenvalue weighted by Crippen LogP contribution is -2.46. The molecule has 198 valence electrons. The molecular formula is C26H35N7O4. The predicted molar refractivity (Wildman–Crippen MR) is 141 cm³/mol. The number of nitrogens with one attached hydrogen (secondary N) is 2. The Balaban J connectivity index is 1.51. The van der Waals surface area contributed by atoms with E-state index in [4.69, 9.17) is 14.5 Å². The Hall–Kier alpha value is -3.73. The monoisotopic (exact) mass is 509 g/mol. The Kier molecular flexibility index (Phi) is 7.91. The molecule has 0 bridgehead atoms. The van der Waals surface area contributed by atoms with Crippen molar-refractivity contribution in [3.8, 4) is 0 Å². The lowest BCUT2D eigenvalue weighted by atomic mass is 10.2. The van der Waals surface area contributed by atoms with Crippen LogP contribution < -0.4 is 15.6 Å². The van der Waals surface area contributed by atoms with Gasteiger partial charge in [0, 0.05) is 18.7 Å². The summed E-state index contributed by atoms with van der Waals surface area (Å²) in [7, 11) is 0. The van der Waals surface area contributed by atoms with Gasteiger partial charge >= 0.3 is 6.09 Å². The number of fused-ring (bicyclic) bond motifs is 1. The quantitative estimate of drug-likeness (QED) is 0.450. The molecule has 2 aliphatic heterocycles. The third-order valence-corrected chi connectivity index (χ3v) is 5.91. The minimum atomic E-state index is -0.750. The van der Waals surface area contributed by atoms with Gasteiger partial charge in [-0.15, -0.1) is 0 Å². The zero-order valence-electron chi connectivity index (χ0n) is 22.1. The van der Waals surface area contributed by atoms with E-state index < -0.39 is 17.7 Å². The number of alkyl carbamates (subject to hydrolysis) is 1. The summed E-state index contributed by atoms with van der Waals surface area (Å²) in [4.78, 5) is 38.6. The molecule has 4 rings (SSSR count). The fourth-order valence-corrected chi connectivity index (χ4v) is 4.21. The fraction of sp³-hybridized carbons (Fsp3) is 0.500. The number of carbonyl (C=O) groups is 2. The van der Waals surface area contributed by atoms with Crippen LogP contribution in [-0.2, 0) is 27.4 Å². The van der Waals surface area contributed by atoms with Crippen LogP contribution in [0.3, 0.4) is 0 Å². The van der Waals surface area contributed by atoms with Crippen molar-refractivity contribution in [2.75, 3.05) is 36.6 Å². The zero-order chi connectivity index (χ0) is 26.6. The van der Waals surface area contributed by atoms with Crippen LogP contribution in [0.1, 0.15) is 50.1 Å². The molecule has 0 spiro atoms. The van der Waals surface area contributed by atoms with E-state index in [0.29, 0.717) is 45.3 Å². The van der Waals surface area contributed by atoms with Gasteiger partial charge in [-0.1, -0.05) is 29.8 Å². The van der Waals surface area contributed by atoms with Crippen LogP contribution in [-0.4, -0.2) is 71.0 Å². The molecule has 11 nitrogen and oxygen atoms in total. The van der Waals surface area contributed by atoms with Gasteiger partial charge in [0.1, 0.15) is 17.5 Å². The first-order valence-corrected chi connectivity index (χ1v) is 12.5. The van der Waals surface area contributed by atoms with Gasteiger partial charge in [0.2, 0.25) is 11.9 Å². The van der Waals surface area contributed by atoms with E-state index in [-0.39, 0.29) is 5.91 Å². The molecule has 2 aromatic rings. The van der Waals surface area contributed by atoms with Gasteiger partial charge < -0.3 is 24.6 Å². The van der Waals surface area contributed by atoms with Crippen LogP contribution in [0.25, 0.3) is 0 Å². The molecule has 0 unspecified atom stereocenters. The molecule has 0 aliphatic carbocycles. The number of hydrazone groups is 1. The van der Waals surface area contributed by atoms with Crippen molar-refractivity contribution in [3.63, 3.8) is 0 Å². The molecule has 2 aliphatic rings. The SMILES string of the molecule is Cc1cccc(/C=N/Nc2nc3c(c(N4CCOCC4)n2)CN(C(=O)[C@H](C)NC(=O)OC(C)(C)C)C3)c1. The molecule has 1 fully saturated rings. The summed E-state index contributed by atoms with van der Waals surface area (Å²) < 4.78 is 10.8. The van der Waals surface area contributed by atoms with E-state index in [2.05, 4.69) is 25.7 Å². The Labute approximate surface area is 217 Å². The molecule has 0 radical (unpaired) electrons. The van der Waals surface area contributed by atoms with Gasteiger partial charge in [0.25, 0.3) is 0 Å². The van der Waals surface area contributed by atoms with Crippen LogP contribution in [0.5, 0.6) is 0 Å². The summed E-state index contributed by atoms with van der Waals surface area (Å²) in [6, 6.07) is 7.25. The summed E-state index contributed by atoms with van der Waals surface area (Å²) in [6.45, 7) is 12.3. The normalized spacial score (nSPS) is 16.5. The number of hydrogen-bond donors (Lipinski definition) is 2. The first kappa shape index (κ1) is 26.3. The number of morpholine rings is 1. The molecule has 1 aromatic heterocycles. The summed E-state index contributed by atoms with van der Waals surface area (Å²) in [5.74, 6) is 0.909. The second-order valence-corrected chi connectivity index (χ2v) is 10.2. The van der Waals surface area contributed by atoms with Crippen molar-refractivity contribution in [1.29, 1.82) is 0 Å². The number of hydrogen-bond acceptors (Lipinski definition) is 9. The maximum atomic E-state index is 13.2. The number of amides is 2. The van der Waals surface area contributed by atoms with E-state index >= 15 is 0 Å². The maximum Gasteiger partial charge on any atom is 0.408 e. The number of benzene rings is 1. The highest BCUT2D eigenvalue weighted by atomic mass is 16.6. The third kappa shape index (κ3) is 6.94. The Morgan fingerprint density at radius 2 is 1.95 bits per heavy atom. The van der Waals surface area contributed by atoms with Crippen molar-refractivity contribution in [2.24, 2.45) is 5.10 Å². The lowest BCUT2D eigenvalue weighted by molar-refractivity contribution is -0.133. The molecule has 1 atom stereocenters. The summed E-state index contributed by atoms with van der Waals surface area (Å²) in [5, 5.41) is 6.95. The molecule has 2 amide bonds. The van der Waals surface area contributed by atoms with Crippen molar-refractivity contribution >= 4 is 30.0 Å². The smallest absolute Gasteiger partial charge is 0.408 e. The van der Waals surface area contributed by atoms with E-state index in [9.17, 15) is 9.59 Å². The first-order chi connectivity index (χ1) is 17.6. The Bertz CT molecular complexity index is 1170. The van der Waals surface area contributed by atoms with Crippen molar-refractivity contribution in [1.82, 2.24) is 20.2 Å². The number of carbonyl (C=O) groups excluding carboxylic acids is 2. The number of nitrogens with zero attached hydrogens (tertiary/aromatic N) is 5. The molecule has 0 saturated carbocycles. The van der Waals surface area contributed by atoms with E-state index in [0.717, 1.165) is 28.2 Å². The molecule has 3 heterocycles. The zero-order valence-corrected chi connectivity index (χ0v) is 22.1. The summed E-state index contributed by atoms with van der Waals surface area (Å²) in [5.41, 5.74) is 6.06. The first-order valence-electron chi connectivity index (χ1n) is 12.5. The van der Waals surface area contributed by atoms with Crippen LogP contribution >= 0.6 is 0 Å². The second-order valence-electron chi connectivity index (χ2n) is 10.2. The number of aryl methyl sites for hydroxylation is 1. The van der Waals surface area contributed by atoms with Crippen LogP contribution in [0.2, 0.25) is 0 Å². The third-order valence-electron chi connectivity index (χ3n) is 5.91. The van der Waals surface area contributed by atoms with E-state index in [1.807, 2.05) is 31.2 Å². The van der Waals surface area contributed by atoms with Gasteiger partial charge in [0.05, 0.1) is 38.2 Å². The topological polar surface area (TPSA) is 121 Å². The number of ether oxygens (including phenoxy) is 2. The van der Waals surface area contributed by atoms with Crippen molar-refractivity contribution in [2.45, 2.75) is 59.4 Å². The van der Waals surface area contributed by atoms with Gasteiger partial charge in [-0.2, -0.15) is 10.1 Å². The molecule has 11 heteroatoms. The van der Waals surface area contributed by atoms with Crippen LogP contribution in [0.15, 0.2) is 29.4 Å². The maximum absolute atomic E-state index is 13.2. The number of rotatable bonds is 6. The number of aromatic nitrogens is 2. The highest BCUT2D eigenvalue weighted by Gasteiger charge is 2.33. The minimum absolute atomic E-state index is 0.219. The van der Waals surface area contributed by atoms with Crippen LogP contribution in [0, 0.1) is 6.92 Å². The van der Waals surface area contributed by atoms with Gasteiger partial charge in [-0.05, 0) is 40.2 Å². The fourth-order valence-electron chi connectivity index (χ4n) is 4.21. The average Bonchev–Trinajstić information content (AvgIpc) is 3.26. The summed E-state index contributed by atoms with van der Waals surface area (Å²) >= 11 is 0. The lowest BCUT2D eigenvalue weighted by Gasteiger charge is -2.29. The van der Waals surface area contributed by atoms with Crippen molar-refractivity contribution < 1.29 is 19.1 Å². The molecule has 1 saturated heterocycles. The highest BCUT2D eigenvalue weighted by molar-refractivity contribution is 5.86. The van der Waals surface area contributed by atoms with E-state index in [1.165, 1.54) is 0 Å². The molecular weight excluding hydrogens is 474 g/mol. The average molecular weight is 510 g/mol. The Morgan fingerprint density at radius 3 is 2.65 bits per heavy atom. The molecule has 2 N–H and O–H groups in total. The van der Waals surface area contributed by atoms with Crippen LogP contribution in [0.4, 0.5) is 16.6 Å².